The van der Waals surface area contributed by atoms with E-state index in [1.165, 1.54) is 0 Å². The van der Waals surface area contributed by atoms with Crippen molar-refractivity contribution in [3.05, 3.63) is 58.6 Å². The van der Waals surface area contributed by atoms with Crippen molar-refractivity contribution in [2.24, 2.45) is 0 Å². The molecule has 3 heterocycles. The highest BCUT2D eigenvalue weighted by Gasteiger charge is 2.19. The van der Waals surface area contributed by atoms with E-state index in [0.29, 0.717) is 16.4 Å². The Hall–Kier alpha value is -3.19. The van der Waals surface area contributed by atoms with Crippen LogP contribution in [0.5, 0.6) is 0 Å². The van der Waals surface area contributed by atoms with Gasteiger partial charge in [0.2, 0.25) is 0 Å². The molecule has 1 aliphatic rings. The molecule has 2 aromatic carbocycles. The van der Waals surface area contributed by atoms with Crippen LogP contribution in [0.3, 0.4) is 0 Å². The van der Waals surface area contributed by atoms with Gasteiger partial charge in [0, 0.05) is 37.3 Å². The normalized spacial score (nSPS) is 15.6. The van der Waals surface area contributed by atoms with Crippen LogP contribution in [-0.4, -0.2) is 53.1 Å². The number of piperazine rings is 1. The number of imidazole rings is 1. The molecule has 6 nitrogen and oxygen atoms in total. The second-order valence-electron chi connectivity index (χ2n) is 7.27. The van der Waals surface area contributed by atoms with Gasteiger partial charge in [0.15, 0.2) is 0 Å². The number of pyridine rings is 1. The zero-order chi connectivity index (χ0) is 19.3. The van der Waals surface area contributed by atoms with Crippen LogP contribution >= 0.6 is 0 Å². The van der Waals surface area contributed by atoms with Crippen LogP contribution in [-0.2, 0) is 0 Å². The molecule has 7 heteroatoms. The molecule has 0 radical (unpaired) electrons. The predicted octanol–water partition coefficient (Wildman–Crippen LogP) is 2.96. The first-order chi connectivity index (χ1) is 13.6. The van der Waals surface area contributed by atoms with Crippen molar-refractivity contribution in [1.82, 2.24) is 19.9 Å². The topological polar surface area (TPSA) is 68.0 Å². The number of nitrogens with one attached hydrogen (secondary N) is 2. The smallest absolute Gasteiger partial charge is 0.262 e. The highest BCUT2D eigenvalue weighted by molar-refractivity contribution is 5.86. The Morgan fingerprint density at radius 3 is 2.61 bits per heavy atom. The number of halogens is 1. The molecule has 2 N–H and O–H groups in total. The standard InChI is InChI=1S/C21H20FN5O/c1-26-8-10-27(11-9-26)13-6-7-16-17(12-13)24-20(23-16)18-19(22)14-4-2-3-5-15(14)25-21(18)28/h2-7,12H,8-11H2,1H3,(H,23,24)(H,25,28). The summed E-state index contributed by atoms with van der Waals surface area (Å²) in [6.07, 6.45) is 0. The van der Waals surface area contributed by atoms with Crippen molar-refractivity contribution >= 4 is 27.6 Å². The fourth-order valence-corrected chi connectivity index (χ4v) is 3.79. The summed E-state index contributed by atoms with van der Waals surface area (Å²) in [4.78, 5) is 27.5. The van der Waals surface area contributed by atoms with Crippen molar-refractivity contribution in [1.29, 1.82) is 0 Å². The summed E-state index contributed by atoms with van der Waals surface area (Å²) in [5, 5.41) is 0.371. The lowest BCUT2D eigenvalue weighted by Crippen LogP contribution is -2.44. The van der Waals surface area contributed by atoms with Crippen molar-refractivity contribution in [3.8, 4) is 11.4 Å². The number of rotatable bonds is 2. The number of H-pyrrole nitrogens is 2. The number of para-hydroxylation sites is 1. The largest absolute Gasteiger partial charge is 0.369 e. The molecule has 0 aliphatic carbocycles. The predicted molar refractivity (Wildman–Crippen MR) is 109 cm³/mol. The third-order valence-electron chi connectivity index (χ3n) is 5.43. The van der Waals surface area contributed by atoms with E-state index in [9.17, 15) is 4.79 Å². The van der Waals surface area contributed by atoms with E-state index in [1.54, 1.807) is 24.3 Å². The van der Waals surface area contributed by atoms with Crippen LogP contribution < -0.4 is 10.5 Å². The molecule has 0 saturated carbocycles. The van der Waals surface area contributed by atoms with E-state index in [1.807, 2.05) is 18.2 Å². The van der Waals surface area contributed by atoms with E-state index >= 15 is 4.39 Å². The SMILES string of the molecule is CN1CCN(c2ccc3nc(-c4c(F)c5ccccc5[nH]c4=O)[nH]c3c2)CC1. The van der Waals surface area contributed by atoms with E-state index in [2.05, 4.69) is 31.8 Å². The minimum atomic E-state index is -0.558. The van der Waals surface area contributed by atoms with Crippen molar-refractivity contribution in [2.45, 2.75) is 0 Å². The summed E-state index contributed by atoms with van der Waals surface area (Å²) >= 11 is 0. The fraction of sp³-hybridized carbons (Fsp3) is 0.238. The number of fused-ring (bicyclic) bond motifs is 2. The summed E-state index contributed by atoms with van der Waals surface area (Å²) in [7, 11) is 2.12. The Labute approximate surface area is 160 Å². The molecule has 0 unspecified atom stereocenters. The zero-order valence-electron chi connectivity index (χ0n) is 15.5. The third kappa shape index (κ3) is 2.75. The van der Waals surface area contributed by atoms with Crippen molar-refractivity contribution in [2.75, 3.05) is 38.1 Å². The number of aromatic amines is 2. The lowest BCUT2D eigenvalue weighted by molar-refractivity contribution is 0.313. The van der Waals surface area contributed by atoms with Crippen LogP contribution in [0.4, 0.5) is 10.1 Å². The Bertz CT molecular complexity index is 1240. The second kappa shape index (κ2) is 6.45. The number of aromatic nitrogens is 3. The number of hydrogen-bond acceptors (Lipinski definition) is 4. The molecule has 1 aliphatic heterocycles. The molecular weight excluding hydrogens is 357 g/mol. The van der Waals surface area contributed by atoms with Gasteiger partial charge in [-0.1, -0.05) is 12.1 Å². The highest BCUT2D eigenvalue weighted by atomic mass is 19.1. The van der Waals surface area contributed by atoms with Gasteiger partial charge in [-0.15, -0.1) is 0 Å². The van der Waals surface area contributed by atoms with Gasteiger partial charge in [-0.3, -0.25) is 4.79 Å². The van der Waals surface area contributed by atoms with Gasteiger partial charge < -0.3 is 19.8 Å². The maximum atomic E-state index is 15.1. The molecule has 2 aromatic heterocycles. The lowest BCUT2D eigenvalue weighted by Gasteiger charge is -2.34. The molecule has 0 atom stereocenters. The van der Waals surface area contributed by atoms with Gasteiger partial charge in [0.05, 0.1) is 16.6 Å². The van der Waals surface area contributed by atoms with E-state index in [-0.39, 0.29) is 11.4 Å². The number of nitrogens with zero attached hydrogens (tertiary/aromatic N) is 3. The quantitative estimate of drug-likeness (QED) is 0.564. The lowest BCUT2D eigenvalue weighted by atomic mass is 10.1. The summed E-state index contributed by atoms with van der Waals surface area (Å²) in [6, 6.07) is 12.8. The van der Waals surface area contributed by atoms with Gasteiger partial charge in [0.25, 0.3) is 5.56 Å². The average molecular weight is 377 g/mol. The van der Waals surface area contributed by atoms with Gasteiger partial charge in [-0.2, -0.15) is 0 Å². The first kappa shape index (κ1) is 16.9. The van der Waals surface area contributed by atoms with Crippen molar-refractivity contribution in [3.63, 3.8) is 0 Å². The molecule has 1 saturated heterocycles. The van der Waals surface area contributed by atoms with Crippen LogP contribution in [0.2, 0.25) is 0 Å². The number of hydrogen-bond donors (Lipinski definition) is 2. The maximum absolute atomic E-state index is 15.1. The molecule has 5 rings (SSSR count). The molecule has 142 valence electrons. The second-order valence-corrected chi connectivity index (χ2v) is 7.27. The van der Waals surface area contributed by atoms with Gasteiger partial charge in [-0.05, 0) is 37.4 Å². The first-order valence-corrected chi connectivity index (χ1v) is 9.34. The molecule has 1 fully saturated rings. The Morgan fingerprint density at radius 1 is 1.00 bits per heavy atom. The Kier molecular flexibility index (Phi) is 3.91. The van der Waals surface area contributed by atoms with Crippen LogP contribution in [0.25, 0.3) is 33.3 Å². The summed E-state index contributed by atoms with van der Waals surface area (Å²) in [5.41, 5.74) is 2.52. The molecule has 0 amide bonds. The highest BCUT2D eigenvalue weighted by Crippen LogP contribution is 2.27. The average Bonchev–Trinajstić information content (AvgIpc) is 3.11. The number of benzene rings is 2. The van der Waals surface area contributed by atoms with Gasteiger partial charge in [-0.25, -0.2) is 9.37 Å². The Morgan fingerprint density at radius 2 is 1.79 bits per heavy atom. The van der Waals surface area contributed by atoms with E-state index in [0.717, 1.165) is 37.4 Å². The molecule has 4 aromatic rings. The number of likely N-dealkylation sites (N-methyl/N-ethyl adjacent to an activating group) is 1. The summed E-state index contributed by atoms with van der Waals surface area (Å²) in [5.74, 6) is -0.312. The van der Waals surface area contributed by atoms with Crippen LogP contribution in [0, 0.1) is 5.82 Å². The fourth-order valence-electron chi connectivity index (χ4n) is 3.79. The molecular formula is C21H20FN5O. The van der Waals surface area contributed by atoms with Gasteiger partial charge >= 0.3 is 0 Å². The number of anilines is 1. The molecule has 0 bridgehead atoms. The van der Waals surface area contributed by atoms with E-state index < -0.39 is 11.4 Å². The van der Waals surface area contributed by atoms with Gasteiger partial charge in [0.1, 0.15) is 17.2 Å². The minimum Gasteiger partial charge on any atom is -0.369 e. The molecule has 0 spiro atoms. The third-order valence-corrected chi connectivity index (χ3v) is 5.43. The van der Waals surface area contributed by atoms with Crippen molar-refractivity contribution < 1.29 is 4.39 Å². The summed E-state index contributed by atoms with van der Waals surface area (Å²) < 4.78 is 15.1. The minimum absolute atomic E-state index is 0.0592. The van der Waals surface area contributed by atoms with Crippen LogP contribution in [0.1, 0.15) is 0 Å². The Balaban J connectivity index is 1.59. The first-order valence-electron chi connectivity index (χ1n) is 9.34. The zero-order valence-corrected chi connectivity index (χ0v) is 15.5. The monoisotopic (exact) mass is 377 g/mol. The molecule has 28 heavy (non-hydrogen) atoms. The van der Waals surface area contributed by atoms with E-state index in [4.69, 9.17) is 0 Å². The summed E-state index contributed by atoms with van der Waals surface area (Å²) in [6.45, 7) is 3.96. The van der Waals surface area contributed by atoms with Crippen LogP contribution in [0.15, 0.2) is 47.3 Å². The maximum Gasteiger partial charge on any atom is 0.262 e.